The highest BCUT2D eigenvalue weighted by Crippen LogP contribution is 2.20. The maximum atomic E-state index is 12.6. The molecule has 0 aliphatic heterocycles. The molecule has 0 bridgehead atoms. The topological polar surface area (TPSA) is 69.9 Å². The first-order valence-corrected chi connectivity index (χ1v) is 11.4. The van der Waals surface area contributed by atoms with Crippen molar-refractivity contribution in [3.8, 4) is 0 Å². The number of amides is 1. The summed E-state index contributed by atoms with van der Waals surface area (Å²) >= 11 is 3.14. The van der Waals surface area contributed by atoms with Crippen molar-refractivity contribution in [1.29, 1.82) is 0 Å². The highest BCUT2D eigenvalue weighted by molar-refractivity contribution is 7.99. The van der Waals surface area contributed by atoms with Gasteiger partial charge in [-0.1, -0.05) is 30.4 Å². The predicted octanol–water partition coefficient (Wildman–Crippen LogP) is 3.92. The number of thioether (sulfide) groups is 1. The summed E-state index contributed by atoms with van der Waals surface area (Å²) in [6.07, 6.45) is 0.239. The van der Waals surface area contributed by atoms with E-state index in [1.54, 1.807) is 31.0 Å². The van der Waals surface area contributed by atoms with Crippen LogP contribution in [0.15, 0.2) is 52.4 Å². The van der Waals surface area contributed by atoms with E-state index in [2.05, 4.69) is 11.9 Å². The third kappa shape index (κ3) is 5.38. The maximum absolute atomic E-state index is 12.6. The van der Waals surface area contributed by atoms with Gasteiger partial charge in [-0.15, -0.1) is 11.8 Å². The smallest absolute Gasteiger partial charge is 0.337 e. The molecule has 6 nitrogen and oxygen atoms in total. The Morgan fingerprint density at radius 3 is 2.57 bits per heavy atom. The number of thiazole rings is 1. The number of fused-ring (bicyclic) bond motifs is 1. The van der Waals surface area contributed by atoms with Gasteiger partial charge in [0.25, 0.3) is 5.91 Å². The molecule has 0 N–H and O–H groups in total. The first kappa shape index (κ1) is 22.3. The molecule has 8 heteroatoms. The van der Waals surface area contributed by atoms with Gasteiger partial charge in [-0.3, -0.25) is 4.79 Å². The number of esters is 1. The highest BCUT2D eigenvalue weighted by Gasteiger charge is 2.12. The number of carbonyl (C=O) groups excluding carboxylic acids is 2. The van der Waals surface area contributed by atoms with Gasteiger partial charge >= 0.3 is 5.97 Å². The van der Waals surface area contributed by atoms with Crippen molar-refractivity contribution in [3.05, 3.63) is 58.4 Å². The van der Waals surface area contributed by atoms with Crippen LogP contribution in [0.2, 0.25) is 0 Å². The normalized spacial score (nSPS) is 11.8. The van der Waals surface area contributed by atoms with Gasteiger partial charge in [0, 0.05) is 18.6 Å². The second-order valence-electron chi connectivity index (χ2n) is 6.46. The Hall–Kier alpha value is -2.42. The molecule has 3 rings (SSSR count). The van der Waals surface area contributed by atoms with Crippen LogP contribution >= 0.6 is 23.1 Å². The Labute approximate surface area is 183 Å². The van der Waals surface area contributed by atoms with Gasteiger partial charge in [0.15, 0.2) is 4.80 Å². The molecule has 0 fully saturated rings. The zero-order valence-corrected chi connectivity index (χ0v) is 18.8. The van der Waals surface area contributed by atoms with Crippen molar-refractivity contribution >= 4 is 45.2 Å². The van der Waals surface area contributed by atoms with Crippen molar-refractivity contribution in [2.75, 3.05) is 26.6 Å². The van der Waals surface area contributed by atoms with Crippen molar-refractivity contribution < 1.29 is 19.1 Å². The molecule has 0 aliphatic carbocycles. The number of aromatic nitrogens is 1. The highest BCUT2D eigenvalue weighted by atomic mass is 32.2. The van der Waals surface area contributed by atoms with Crippen LogP contribution in [-0.2, 0) is 27.2 Å². The number of benzene rings is 2. The van der Waals surface area contributed by atoms with E-state index in [-0.39, 0.29) is 12.3 Å². The molecule has 2 aromatic carbocycles. The predicted molar refractivity (Wildman–Crippen MR) is 120 cm³/mol. The molecule has 0 atom stereocenters. The lowest BCUT2D eigenvalue weighted by Crippen LogP contribution is -2.19. The van der Waals surface area contributed by atoms with Crippen LogP contribution in [0, 0.1) is 0 Å². The first-order chi connectivity index (χ1) is 14.5. The Morgan fingerprint density at radius 2 is 1.90 bits per heavy atom. The molecule has 0 unspecified atom stereocenters. The minimum absolute atomic E-state index is 0.211. The van der Waals surface area contributed by atoms with E-state index in [1.165, 1.54) is 23.3 Å². The Morgan fingerprint density at radius 1 is 1.13 bits per heavy atom. The summed E-state index contributed by atoms with van der Waals surface area (Å²) < 4.78 is 12.8. The van der Waals surface area contributed by atoms with Gasteiger partial charge in [0.05, 0.1) is 35.9 Å². The number of methoxy groups -OCH3 is 2. The van der Waals surface area contributed by atoms with Crippen LogP contribution < -0.4 is 4.80 Å². The zero-order valence-electron chi connectivity index (χ0n) is 17.2. The summed E-state index contributed by atoms with van der Waals surface area (Å²) in [6, 6.07) is 13.3. The van der Waals surface area contributed by atoms with Gasteiger partial charge in [0.1, 0.15) is 0 Å². The van der Waals surface area contributed by atoms with Gasteiger partial charge in [-0.05, 0) is 41.6 Å². The molecule has 0 spiro atoms. The molecule has 30 heavy (non-hydrogen) atoms. The number of rotatable bonds is 8. The fourth-order valence-corrected chi connectivity index (χ4v) is 4.77. The number of nitrogens with zero attached hydrogens (tertiary/aromatic N) is 2. The lowest BCUT2D eigenvalue weighted by atomic mass is 10.1. The Kier molecular flexibility index (Phi) is 7.84. The SMILES string of the molecule is CCSc1ccc(CC(=O)N=c2sc3cc(C(=O)OC)ccc3n2CCOC)cc1. The van der Waals surface area contributed by atoms with Crippen LogP contribution in [0.25, 0.3) is 10.2 Å². The van der Waals surface area contributed by atoms with Crippen molar-refractivity contribution in [1.82, 2.24) is 4.57 Å². The summed E-state index contributed by atoms with van der Waals surface area (Å²) in [6.45, 7) is 3.16. The second-order valence-corrected chi connectivity index (χ2v) is 8.81. The maximum Gasteiger partial charge on any atom is 0.337 e. The van der Waals surface area contributed by atoms with Crippen molar-refractivity contribution in [2.24, 2.45) is 4.99 Å². The third-order valence-corrected chi connectivity index (χ3v) is 6.37. The number of hydrogen-bond donors (Lipinski definition) is 0. The quantitative estimate of drug-likeness (QED) is 0.389. The van der Waals surface area contributed by atoms with E-state index in [9.17, 15) is 9.59 Å². The molecule has 0 saturated heterocycles. The average molecular weight is 445 g/mol. The van der Waals surface area contributed by atoms with Gasteiger partial charge in [-0.25, -0.2) is 4.79 Å². The summed E-state index contributed by atoms with van der Waals surface area (Å²) in [4.78, 5) is 30.6. The molecular formula is C22H24N2O4S2. The monoisotopic (exact) mass is 444 g/mol. The van der Waals surface area contributed by atoms with Crippen molar-refractivity contribution in [3.63, 3.8) is 0 Å². The van der Waals surface area contributed by atoms with E-state index >= 15 is 0 Å². The molecule has 3 aromatic rings. The van der Waals surface area contributed by atoms with Crippen LogP contribution in [0.1, 0.15) is 22.8 Å². The molecule has 0 saturated carbocycles. The van der Waals surface area contributed by atoms with Crippen LogP contribution in [0.3, 0.4) is 0 Å². The molecule has 1 aromatic heterocycles. The minimum Gasteiger partial charge on any atom is -0.465 e. The Balaban J connectivity index is 1.92. The lowest BCUT2D eigenvalue weighted by Gasteiger charge is -2.05. The third-order valence-electron chi connectivity index (χ3n) is 4.43. The summed E-state index contributed by atoms with van der Waals surface area (Å²) in [7, 11) is 2.99. The fourth-order valence-electron chi connectivity index (χ4n) is 2.99. The molecule has 1 amide bonds. The van der Waals surface area contributed by atoms with E-state index in [4.69, 9.17) is 9.47 Å². The minimum atomic E-state index is -0.395. The molecule has 0 radical (unpaired) electrons. The van der Waals surface area contributed by atoms with E-state index in [1.807, 2.05) is 34.9 Å². The Bertz CT molecular complexity index is 1100. The van der Waals surface area contributed by atoms with Crippen LogP contribution in [0.4, 0.5) is 0 Å². The number of hydrogen-bond acceptors (Lipinski definition) is 6. The standard InChI is InChI=1S/C22H24N2O4S2/c1-4-29-17-8-5-15(6-9-17)13-20(25)23-22-24(11-12-27-2)18-10-7-16(21(26)28-3)14-19(18)30-22/h5-10,14H,4,11-13H2,1-3H3. The largest absolute Gasteiger partial charge is 0.465 e. The summed E-state index contributed by atoms with van der Waals surface area (Å²) in [5, 5.41) is 0. The summed E-state index contributed by atoms with van der Waals surface area (Å²) in [5.74, 6) is 0.406. The van der Waals surface area contributed by atoms with Crippen LogP contribution in [0.5, 0.6) is 0 Å². The number of carbonyl (C=O) groups is 2. The zero-order chi connectivity index (χ0) is 21.5. The molecule has 1 heterocycles. The lowest BCUT2D eigenvalue weighted by molar-refractivity contribution is -0.117. The van der Waals surface area contributed by atoms with E-state index in [0.717, 1.165) is 21.5 Å². The fraction of sp³-hybridized carbons (Fsp3) is 0.318. The average Bonchev–Trinajstić information content (AvgIpc) is 3.09. The molecule has 158 valence electrons. The van der Waals surface area contributed by atoms with Gasteiger partial charge < -0.3 is 14.0 Å². The first-order valence-electron chi connectivity index (χ1n) is 9.55. The van der Waals surface area contributed by atoms with Gasteiger partial charge in [0.2, 0.25) is 0 Å². The second kappa shape index (κ2) is 10.6. The van der Waals surface area contributed by atoms with Crippen LogP contribution in [-0.4, -0.2) is 43.0 Å². The summed E-state index contributed by atoms with van der Waals surface area (Å²) in [5.41, 5.74) is 2.30. The molecular weight excluding hydrogens is 420 g/mol. The van der Waals surface area contributed by atoms with Gasteiger partial charge in [-0.2, -0.15) is 4.99 Å². The number of ether oxygens (including phenoxy) is 2. The van der Waals surface area contributed by atoms with E-state index < -0.39 is 5.97 Å². The van der Waals surface area contributed by atoms with Crippen molar-refractivity contribution in [2.45, 2.75) is 24.8 Å². The van der Waals surface area contributed by atoms with E-state index in [0.29, 0.717) is 23.5 Å². The molecule has 0 aliphatic rings.